The zero-order valence-corrected chi connectivity index (χ0v) is 23.3. The lowest BCUT2D eigenvalue weighted by Crippen LogP contribution is -2.51. The predicted molar refractivity (Wildman–Crippen MR) is 140 cm³/mol. The van der Waals surface area contributed by atoms with E-state index < -0.39 is 45.7 Å². The number of hydrogen-bond acceptors (Lipinski definition) is 6. The SMILES string of the molecule is N[C@@H]1CC[C@H](N2CC[C@H](NC(=O)c3cccc(C(F)(F)F)c3)C2=O)[C@H](CS(=O)(=O)c2ccccc2)C1.O=C(O)C(F)(F)F. The second-order valence-corrected chi connectivity index (χ2v) is 12.3. The minimum atomic E-state index is -5.08. The van der Waals surface area contributed by atoms with Crippen LogP contribution < -0.4 is 11.1 Å². The van der Waals surface area contributed by atoms with Crippen molar-refractivity contribution in [1.82, 2.24) is 10.2 Å². The number of rotatable bonds is 6. The van der Waals surface area contributed by atoms with Gasteiger partial charge in [-0.2, -0.15) is 26.3 Å². The van der Waals surface area contributed by atoms with Gasteiger partial charge in [0.25, 0.3) is 5.91 Å². The summed E-state index contributed by atoms with van der Waals surface area (Å²) in [5, 5.41) is 9.67. The van der Waals surface area contributed by atoms with Crippen LogP contribution in [0.5, 0.6) is 0 Å². The molecule has 2 aromatic carbocycles. The lowest BCUT2D eigenvalue weighted by Gasteiger charge is -2.40. The molecule has 0 bridgehead atoms. The molecule has 1 aliphatic carbocycles. The summed E-state index contributed by atoms with van der Waals surface area (Å²) in [6, 6.07) is 10.7. The number of amides is 2. The van der Waals surface area contributed by atoms with Gasteiger partial charge in [-0.3, -0.25) is 9.59 Å². The molecular formula is C27H29F6N3O6S. The number of carboxylic acid groups (broad SMARTS) is 1. The molecule has 2 aromatic rings. The van der Waals surface area contributed by atoms with Gasteiger partial charge in [-0.25, -0.2) is 13.2 Å². The first-order valence-electron chi connectivity index (χ1n) is 13.0. The topological polar surface area (TPSA) is 147 Å². The van der Waals surface area contributed by atoms with Crippen LogP contribution in [0.25, 0.3) is 0 Å². The average molecular weight is 638 g/mol. The van der Waals surface area contributed by atoms with E-state index in [-0.39, 0.29) is 46.5 Å². The van der Waals surface area contributed by atoms with Crippen LogP contribution >= 0.6 is 0 Å². The van der Waals surface area contributed by atoms with Crippen molar-refractivity contribution in [3.8, 4) is 0 Å². The number of likely N-dealkylation sites (tertiary alicyclic amines) is 1. The van der Waals surface area contributed by atoms with Crippen LogP contribution in [0.2, 0.25) is 0 Å². The maximum atomic E-state index is 13.2. The van der Waals surface area contributed by atoms with Crippen LogP contribution in [0.3, 0.4) is 0 Å². The summed E-state index contributed by atoms with van der Waals surface area (Å²) in [6.45, 7) is 0.314. The van der Waals surface area contributed by atoms with Gasteiger partial charge in [-0.05, 0) is 61.9 Å². The highest BCUT2D eigenvalue weighted by Crippen LogP contribution is 2.33. The van der Waals surface area contributed by atoms with Crippen LogP contribution in [0.1, 0.15) is 41.6 Å². The van der Waals surface area contributed by atoms with Gasteiger partial charge in [0.05, 0.1) is 16.2 Å². The minimum Gasteiger partial charge on any atom is -0.475 e. The smallest absolute Gasteiger partial charge is 0.475 e. The summed E-state index contributed by atoms with van der Waals surface area (Å²) in [4.78, 5) is 36.5. The summed E-state index contributed by atoms with van der Waals surface area (Å²) in [5.74, 6) is -4.41. The Labute approximate surface area is 243 Å². The highest BCUT2D eigenvalue weighted by atomic mass is 32.2. The predicted octanol–water partition coefficient (Wildman–Crippen LogP) is 3.64. The molecule has 236 valence electrons. The van der Waals surface area contributed by atoms with Crippen LogP contribution in [0.15, 0.2) is 59.5 Å². The van der Waals surface area contributed by atoms with E-state index in [9.17, 15) is 44.3 Å². The van der Waals surface area contributed by atoms with Crippen LogP contribution in [0, 0.1) is 5.92 Å². The molecule has 1 aliphatic heterocycles. The summed E-state index contributed by atoms with van der Waals surface area (Å²) < 4.78 is 96.8. The van der Waals surface area contributed by atoms with Gasteiger partial charge in [0.1, 0.15) is 6.04 Å². The van der Waals surface area contributed by atoms with Crippen molar-refractivity contribution in [2.45, 2.75) is 61.1 Å². The Balaban J connectivity index is 0.000000646. The molecule has 43 heavy (non-hydrogen) atoms. The van der Waals surface area contributed by atoms with E-state index in [2.05, 4.69) is 5.32 Å². The third kappa shape index (κ3) is 8.92. The van der Waals surface area contributed by atoms with E-state index in [1.54, 1.807) is 23.1 Å². The van der Waals surface area contributed by atoms with E-state index >= 15 is 0 Å². The molecule has 4 N–H and O–H groups in total. The molecule has 1 saturated heterocycles. The number of carbonyl (C=O) groups is 3. The molecule has 2 aliphatic rings. The minimum absolute atomic E-state index is 0.152. The number of carboxylic acids is 1. The Bertz CT molecular complexity index is 1420. The van der Waals surface area contributed by atoms with Crippen molar-refractivity contribution in [1.29, 1.82) is 0 Å². The van der Waals surface area contributed by atoms with Gasteiger partial charge in [0, 0.05) is 24.2 Å². The first-order chi connectivity index (χ1) is 19.9. The van der Waals surface area contributed by atoms with Crippen LogP contribution in [-0.2, 0) is 25.6 Å². The van der Waals surface area contributed by atoms with Gasteiger partial charge in [-0.1, -0.05) is 24.3 Å². The van der Waals surface area contributed by atoms with E-state index in [4.69, 9.17) is 15.6 Å². The first-order valence-corrected chi connectivity index (χ1v) is 14.7. The van der Waals surface area contributed by atoms with E-state index in [0.29, 0.717) is 25.8 Å². The van der Waals surface area contributed by atoms with Crippen molar-refractivity contribution in [3.63, 3.8) is 0 Å². The Morgan fingerprint density at radius 1 is 0.977 bits per heavy atom. The fourth-order valence-electron chi connectivity index (χ4n) is 5.12. The second kappa shape index (κ2) is 13.3. The van der Waals surface area contributed by atoms with E-state index in [1.165, 1.54) is 18.2 Å². The van der Waals surface area contributed by atoms with Gasteiger partial charge < -0.3 is 21.1 Å². The number of nitrogens with one attached hydrogen (secondary N) is 1. The third-order valence-electron chi connectivity index (χ3n) is 7.16. The molecule has 0 spiro atoms. The number of aliphatic carboxylic acids is 1. The zero-order valence-electron chi connectivity index (χ0n) is 22.4. The third-order valence-corrected chi connectivity index (χ3v) is 9.02. The fourth-order valence-corrected chi connectivity index (χ4v) is 6.81. The standard InChI is InChI=1S/C25H28F3N3O4S.C2HF3O2/c26-25(27,28)18-6-4-5-16(13-18)23(32)30-21-11-12-31(24(21)33)22-10-9-19(29)14-17(22)15-36(34,35)20-7-2-1-3-8-20;3-2(4,5)1(6)7/h1-8,13,17,19,21-22H,9-12,14-15,29H2,(H,30,32);(H,6,7)/t17-,19+,21-,22-;/m0./s1. The van der Waals surface area contributed by atoms with E-state index in [1.807, 2.05) is 0 Å². The lowest BCUT2D eigenvalue weighted by atomic mass is 9.82. The number of sulfone groups is 1. The van der Waals surface area contributed by atoms with Crippen molar-refractivity contribution < 1.29 is 54.3 Å². The number of benzene rings is 2. The van der Waals surface area contributed by atoms with Gasteiger partial charge in [-0.15, -0.1) is 0 Å². The summed E-state index contributed by atoms with van der Waals surface area (Å²) in [5.41, 5.74) is 5.01. The molecule has 9 nitrogen and oxygen atoms in total. The first kappa shape index (κ1) is 33.8. The summed E-state index contributed by atoms with van der Waals surface area (Å²) >= 11 is 0. The second-order valence-electron chi connectivity index (χ2n) is 10.2. The number of carbonyl (C=O) groups excluding carboxylic acids is 2. The van der Waals surface area contributed by atoms with Crippen LogP contribution in [-0.4, -0.2) is 72.8 Å². The molecule has 1 saturated carbocycles. The summed E-state index contributed by atoms with van der Waals surface area (Å²) in [7, 11) is -3.60. The molecular weight excluding hydrogens is 608 g/mol. The Morgan fingerprint density at radius 2 is 1.60 bits per heavy atom. The number of nitrogens with two attached hydrogens (primary N) is 1. The number of nitrogens with zero attached hydrogens (tertiary/aromatic N) is 1. The molecule has 16 heteroatoms. The largest absolute Gasteiger partial charge is 0.490 e. The molecule has 0 radical (unpaired) electrons. The van der Waals surface area contributed by atoms with Gasteiger partial charge in [0.15, 0.2) is 9.84 Å². The normalized spacial score (nSPS) is 22.9. The fraction of sp³-hybridized carbons (Fsp3) is 0.444. The molecule has 2 amide bonds. The van der Waals surface area contributed by atoms with Gasteiger partial charge in [0.2, 0.25) is 5.91 Å². The maximum Gasteiger partial charge on any atom is 0.490 e. The molecule has 2 fully saturated rings. The lowest BCUT2D eigenvalue weighted by molar-refractivity contribution is -0.192. The number of halogens is 6. The Kier molecular flexibility index (Phi) is 10.5. The van der Waals surface area contributed by atoms with E-state index in [0.717, 1.165) is 18.2 Å². The highest BCUT2D eigenvalue weighted by Gasteiger charge is 2.43. The quantitative estimate of drug-likeness (QED) is 0.410. The highest BCUT2D eigenvalue weighted by molar-refractivity contribution is 7.91. The molecule has 0 unspecified atom stereocenters. The maximum absolute atomic E-state index is 13.2. The van der Waals surface area contributed by atoms with Crippen LogP contribution in [0.4, 0.5) is 26.3 Å². The van der Waals surface area contributed by atoms with Crippen molar-refractivity contribution >= 4 is 27.6 Å². The zero-order chi connectivity index (χ0) is 32.2. The van der Waals surface area contributed by atoms with Crippen molar-refractivity contribution in [2.75, 3.05) is 12.3 Å². The van der Waals surface area contributed by atoms with Crippen molar-refractivity contribution in [3.05, 3.63) is 65.7 Å². The molecule has 0 aromatic heterocycles. The molecule has 4 atom stereocenters. The van der Waals surface area contributed by atoms with Crippen molar-refractivity contribution in [2.24, 2.45) is 11.7 Å². The number of alkyl halides is 6. The molecule has 4 rings (SSSR count). The van der Waals surface area contributed by atoms with Gasteiger partial charge >= 0.3 is 18.3 Å². The molecule has 1 heterocycles. The Hall–Kier alpha value is -3.66. The number of hydrogen-bond donors (Lipinski definition) is 3. The monoisotopic (exact) mass is 637 g/mol. The Morgan fingerprint density at radius 3 is 2.19 bits per heavy atom. The average Bonchev–Trinajstić information content (AvgIpc) is 3.28. The summed E-state index contributed by atoms with van der Waals surface area (Å²) in [6.07, 6.45) is -7.77.